The summed E-state index contributed by atoms with van der Waals surface area (Å²) in [5.41, 5.74) is 0.579. The van der Waals surface area contributed by atoms with Gasteiger partial charge in [0.1, 0.15) is 0 Å². The van der Waals surface area contributed by atoms with E-state index in [4.69, 9.17) is 39.5 Å². The lowest BCUT2D eigenvalue weighted by atomic mass is 10.2. The molecule has 2 rings (SSSR count). The van der Waals surface area contributed by atoms with Crippen LogP contribution < -0.4 is 5.32 Å². The van der Waals surface area contributed by atoms with Crippen LogP contribution in [0.2, 0.25) is 15.1 Å². The summed E-state index contributed by atoms with van der Waals surface area (Å²) in [7, 11) is 0. The van der Waals surface area contributed by atoms with Crippen LogP contribution in [0.1, 0.15) is 5.56 Å². The maximum absolute atomic E-state index is 11.8. The number of rotatable bonds is 6. The van der Waals surface area contributed by atoms with Gasteiger partial charge in [0.2, 0.25) is 0 Å². The van der Waals surface area contributed by atoms with Crippen LogP contribution >= 0.6 is 34.8 Å². The third-order valence-electron chi connectivity index (χ3n) is 3.14. The minimum Gasteiger partial charge on any atom is -0.452 e. The van der Waals surface area contributed by atoms with Gasteiger partial charge < -0.3 is 10.1 Å². The molecule has 27 heavy (non-hydrogen) atoms. The van der Waals surface area contributed by atoms with Crippen molar-refractivity contribution < 1.29 is 19.2 Å². The minimum atomic E-state index is -0.744. The second-order valence-electron chi connectivity index (χ2n) is 5.08. The number of carbonyl (C=O) groups is 2. The first kappa shape index (κ1) is 20.7. The summed E-state index contributed by atoms with van der Waals surface area (Å²) in [6, 6.07) is 8.37. The molecule has 0 radical (unpaired) electrons. The van der Waals surface area contributed by atoms with Gasteiger partial charge in [0.15, 0.2) is 6.61 Å². The highest BCUT2D eigenvalue weighted by Gasteiger charge is 2.12. The molecule has 1 N–H and O–H groups in total. The highest BCUT2D eigenvalue weighted by Crippen LogP contribution is 2.26. The maximum atomic E-state index is 11.8. The van der Waals surface area contributed by atoms with Crippen LogP contribution in [0.25, 0.3) is 6.08 Å². The van der Waals surface area contributed by atoms with Crippen LogP contribution in [0, 0.1) is 10.1 Å². The van der Waals surface area contributed by atoms with Gasteiger partial charge in [-0.2, -0.15) is 0 Å². The molecule has 0 heterocycles. The SMILES string of the molecule is O=C(COC(=O)/C=C/c1ccc(Cl)c(Cl)c1)Nc1ccc([N+](=O)[O-])cc1Cl. The van der Waals surface area contributed by atoms with Crippen LogP contribution in [-0.4, -0.2) is 23.4 Å². The molecule has 0 saturated carbocycles. The summed E-state index contributed by atoms with van der Waals surface area (Å²) in [4.78, 5) is 33.5. The largest absolute Gasteiger partial charge is 0.452 e. The highest BCUT2D eigenvalue weighted by atomic mass is 35.5. The number of amides is 1. The van der Waals surface area contributed by atoms with Crippen LogP contribution in [-0.2, 0) is 14.3 Å². The Morgan fingerprint density at radius 3 is 2.44 bits per heavy atom. The van der Waals surface area contributed by atoms with E-state index in [1.807, 2.05) is 0 Å². The number of esters is 1. The van der Waals surface area contributed by atoms with Crippen molar-refractivity contribution >= 4 is 64.1 Å². The number of benzene rings is 2. The first-order valence-electron chi connectivity index (χ1n) is 7.30. The standard InChI is InChI=1S/C17H11Cl3N2O5/c18-12-4-1-10(7-13(12)19)2-6-17(24)27-9-16(23)21-15-5-3-11(22(25)26)8-14(15)20/h1-8H,9H2,(H,21,23)/b6-2+. The Labute approximate surface area is 168 Å². The molecule has 0 unspecified atom stereocenters. The Kier molecular flexibility index (Phi) is 7.18. The monoisotopic (exact) mass is 428 g/mol. The summed E-state index contributed by atoms with van der Waals surface area (Å²) in [5, 5.41) is 13.8. The number of non-ortho nitro benzene ring substituents is 1. The van der Waals surface area contributed by atoms with E-state index in [1.165, 1.54) is 18.2 Å². The van der Waals surface area contributed by atoms with E-state index in [-0.39, 0.29) is 16.4 Å². The van der Waals surface area contributed by atoms with E-state index in [9.17, 15) is 19.7 Å². The zero-order valence-electron chi connectivity index (χ0n) is 13.4. The molecule has 0 saturated heterocycles. The first-order valence-corrected chi connectivity index (χ1v) is 8.43. The molecule has 0 bridgehead atoms. The number of anilines is 1. The van der Waals surface area contributed by atoms with Crippen molar-refractivity contribution in [2.45, 2.75) is 0 Å². The lowest BCUT2D eigenvalue weighted by Crippen LogP contribution is -2.20. The van der Waals surface area contributed by atoms with E-state index in [0.717, 1.165) is 12.1 Å². The third-order valence-corrected chi connectivity index (χ3v) is 4.19. The van der Waals surface area contributed by atoms with E-state index < -0.39 is 23.4 Å². The fraction of sp³-hybridized carbons (Fsp3) is 0.0588. The molecule has 2 aromatic rings. The minimum absolute atomic E-state index is 0.0108. The Bertz CT molecular complexity index is 931. The van der Waals surface area contributed by atoms with Crippen molar-refractivity contribution in [3.8, 4) is 0 Å². The summed E-state index contributed by atoms with van der Waals surface area (Å²) >= 11 is 17.5. The molecule has 0 aliphatic rings. The van der Waals surface area contributed by atoms with Crippen molar-refractivity contribution in [1.82, 2.24) is 0 Å². The molecular formula is C17H11Cl3N2O5. The molecule has 0 aliphatic carbocycles. The molecule has 0 aliphatic heterocycles. The normalized spacial score (nSPS) is 10.6. The quantitative estimate of drug-likeness (QED) is 0.309. The van der Waals surface area contributed by atoms with Crippen molar-refractivity contribution in [3.05, 3.63) is 73.2 Å². The van der Waals surface area contributed by atoms with Gasteiger partial charge in [-0.05, 0) is 29.8 Å². The molecule has 0 spiro atoms. The zero-order valence-corrected chi connectivity index (χ0v) is 15.7. The van der Waals surface area contributed by atoms with Crippen molar-refractivity contribution in [1.29, 1.82) is 0 Å². The number of hydrogen-bond donors (Lipinski definition) is 1. The van der Waals surface area contributed by atoms with Crippen LogP contribution in [0.5, 0.6) is 0 Å². The van der Waals surface area contributed by atoms with Gasteiger partial charge in [-0.3, -0.25) is 14.9 Å². The molecule has 2 aromatic carbocycles. The molecule has 10 heteroatoms. The second-order valence-corrected chi connectivity index (χ2v) is 6.31. The summed E-state index contributed by atoms with van der Waals surface area (Å²) < 4.78 is 4.81. The number of halogens is 3. The molecule has 0 atom stereocenters. The van der Waals surface area contributed by atoms with Crippen molar-refractivity contribution in [3.63, 3.8) is 0 Å². The zero-order chi connectivity index (χ0) is 20.0. The van der Waals surface area contributed by atoms with Gasteiger partial charge in [-0.15, -0.1) is 0 Å². The van der Waals surface area contributed by atoms with Gasteiger partial charge in [0.25, 0.3) is 11.6 Å². The van der Waals surface area contributed by atoms with Gasteiger partial charge in [0, 0.05) is 18.2 Å². The van der Waals surface area contributed by atoms with Crippen molar-refractivity contribution in [2.75, 3.05) is 11.9 Å². The molecular weight excluding hydrogens is 419 g/mol. The Balaban J connectivity index is 1.87. The third kappa shape index (κ3) is 6.25. The lowest BCUT2D eigenvalue weighted by Gasteiger charge is -2.07. The fourth-order valence-corrected chi connectivity index (χ4v) is 2.40. The van der Waals surface area contributed by atoms with E-state index in [0.29, 0.717) is 15.6 Å². The Hall–Kier alpha value is -2.61. The van der Waals surface area contributed by atoms with Crippen LogP contribution in [0.15, 0.2) is 42.5 Å². The number of nitro benzene ring substituents is 1. The van der Waals surface area contributed by atoms with Crippen LogP contribution in [0.4, 0.5) is 11.4 Å². The molecule has 0 aromatic heterocycles. The predicted octanol–water partition coefficient (Wildman–Crippen LogP) is 4.75. The van der Waals surface area contributed by atoms with Gasteiger partial charge in [-0.25, -0.2) is 4.79 Å². The molecule has 7 nitrogen and oxygen atoms in total. The average molecular weight is 430 g/mol. The number of carbonyl (C=O) groups excluding carboxylic acids is 2. The molecule has 1 amide bonds. The van der Waals surface area contributed by atoms with E-state index >= 15 is 0 Å². The van der Waals surface area contributed by atoms with Gasteiger partial charge >= 0.3 is 5.97 Å². The smallest absolute Gasteiger partial charge is 0.331 e. The summed E-state index contributed by atoms with van der Waals surface area (Å²) in [6.45, 7) is -0.558. The van der Waals surface area contributed by atoms with E-state index in [1.54, 1.807) is 18.2 Å². The average Bonchev–Trinajstić information content (AvgIpc) is 2.62. The lowest BCUT2D eigenvalue weighted by molar-refractivity contribution is -0.384. The summed E-state index contributed by atoms with van der Waals surface area (Å²) in [5.74, 6) is -1.40. The molecule has 0 fully saturated rings. The van der Waals surface area contributed by atoms with E-state index in [2.05, 4.69) is 5.32 Å². The van der Waals surface area contributed by atoms with Gasteiger partial charge in [0.05, 0.1) is 25.7 Å². The topological polar surface area (TPSA) is 98.5 Å². The predicted molar refractivity (Wildman–Crippen MR) is 103 cm³/mol. The first-order chi connectivity index (χ1) is 12.8. The van der Waals surface area contributed by atoms with Crippen LogP contribution in [0.3, 0.4) is 0 Å². The number of nitrogens with one attached hydrogen (secondary N) is 1. The Morgan fingerprint density at radius 1 is 1.07 bits per heavy atom. The maximum Gasteiger partial charge on any atom is 0.331 e. The number of nitrogens with zero attached hydrogens (tertiary/aromatic N) is 1. The highest BCUT2D eigenvalue weighted by molar-refractivity contribution is 6.42. The Morgan fingerprint density at radius 2 is 1.81 bits per heavy atom. The number of ether oxygens (including phenoxy) is 1. The molecule has 140 valence electrons. The second kappa shape index (κ2) is 9.36. The summed E-state index contributed by atoms with van der Waals surface area (Å²) in [6.07, 6.45) is 2.58. The number of nitro groups is 1. The number of hydrogen-bond acceptors (Lipinski definition) is 5. The van der Waals surface area contributed by atoms with Crippen molar-refractivity contribution in [2.24, 2.45) is 0 Å². The fourth-order valence-electron chi connectivity index (χ4n) is 1.87. The van der Waals surface area contributed by atoms with Gasteiger partial charge in [-0.1, -0.05) is 40.9 Å².